The molecule has 0 aliphatic heterocycles. The summed E-state index contributed by atoms with van der Waals surface area (Å²) in [5, 5.41) is 4.85. The fourth-order valence-corrected chi connectivity index (χ4v) is 11.0. The molecule has 0 saturated heterocycles. The molecule has 8 aromatic carbocycles. The first kappa shape index (κ1) is 33.8. The van der Waals surface area contributed by atoms with E-state index in [2.05, 4.69) is 174 Å². The number of hydrogen-bond acceptors (Lipinski definition) is 5. The zero-order valence-electron chi connectivity index (χ0n) is 31.6. The number of aromatic nitrogens is 4. The molecular formula is C53H32N4S2. The van der Waals surface area contributed by atoms with Crippen LogP contribution in [0.1, 0.15) is 0 Å². The molecule has 12 rings (SSSR count). The van der Waals surface area contributed by atoms with Crippen molar-refractivity contribution in [3.05, 3.63) is 194 Å². The lowest BCUT2D eigenvalue weighted by Crippen LogP contribution is -2.01. The molecule has 12 aromatic rings. The summed E-state index contributed by atoms with van der Waals surface area (Å²) in [5.41, 5.74) is 11.1. The van der Waals surface area contributed by atoms with Gasteiger partial charge in [-0.15, -0.1) is 22.7 Å². The maximum Gasteiger partial charge on any atom is 0.164 e. The smallest absolute Gasteiger partial charge is 0.164 e. The van der Waals surface area contributed by atoms with Gasteiger partial charge >= 0.3 is 0 Å². The van der Waals surface area contributed by atoms with E-state index < -0.39 is 0 Å². The minimum absolute atomic E-state index is 0.639. The van der Waals surface area contributed by atoms with E-state index in [0.717, 1.165) is 38.9 Å². The number of fused-ring (bicyclic) bond motifs is 8. The highest BCUT2D eigenvalue weighted by Gasteiger charge is 2.24. The van der Waals surface area contributed by atoms with Gasteiger partial charge in [-0.2, -0.15) is 0 Å². The summed E-state index contributed by atoms with van der Waals surface area (Å²) < 4.78 is 7.50. The highest BCUT2D eigenvalue weighted by Crippen LogP contribution is 2.48. The number of hydrogen-bond donors (Lipinski definition) is 0. The third-order valence-corrected chi connectivity index (χ3v) is 13.7. The number of benzene rings is 8. The van der Waals surface area contributed by atoms with Gasteiger partial charge in [0, 0.05) is 47.6 Å². The molecule has 0 bridgehead atoms. The summed E-state index contributed by atoms with van der Waals surface area (Å²) in [6.45, 7) is 0. The minimum Gasteiger partial charge on any atom is -0.306 e. The molecule has 4 heterocycles. The van der Waals surface area contributed by atoms with Crippen LogP contribution in [0.4, 0.5) is 0 Å². The third kappa shape index (κ3) is 5.60. The molecule has 0 amide bonds. The molecule has 0 aliphatic carbocycles. The van der Waals surface area contributed by atoms with Crippen molar-refractivity contribution in [3.8, 4) is 62.1 Å². The van der Waals surface area contributed by atoms with Gasteiger partial charge in [0.2, 0.25) is 0 Å². The van der Waals surface area contributed by atoms with E-state index in [-0.39, 0.29) is 0 Å². The van der Waals surface area contributed by atoms with Gasteiger partial charge in [-0.25, -0.2) is 15.0 Å². The van der Waals surface area contributed by atoms with Gasteiger partial charge in [-0.3, -0.25) is 0 Å². The maximum absolute atomic E-state index is 5.31. The maximum atomic E-state index is 5.31. The van der Waals surface area contributed by atoms with Gasteiger partial charge in [-0.05, 0) is 64.7 Å². The standard InChI is InChI=1S/C53H32N4S2/c1-4-15-33(16-5-1)36-21-14-22-38(31-36)52-54-51(35-19-8-3-9-20-35)55-53(56-52)41-28-30-44(50-47(41)39-23-10-12-25-45(39)59-50)57-43-29-27-37(34-17-6-2-7-18-34)32-42(43)49-48(57)40-24-11-13-26-46(40)58-49/h1-32H. The van der Waals surface area contributed by atoms with E-state index in [1.54, 1.807) is 0 Å². The lowest BCUT2D eigenvalue weighted by atomic mass is 10.0. The molecule has 0 spiro atoms. The SMILES string of the molecule is c1ccc(-c2cccc(-c3nc(-c4ccccc4)nc(-c4ccc(-n5c6ccc(-c7ccccc7)cc6c6sc7ccccc7c65)c5sc6ccccc6c45)n3)c2)cc1. The van der Waals surface area contributed by atoms with Gasteiger partial charge in [0.05, 0.1) is 26.1 Å². The zero-order chi connectivity index (χ0) is 38.9. The molecule has 0 aliphatic rings. The number of rotatable bonds is 6. The van der Waals surface area contributed by atoms with Crippen molar-refractivity contribution >= 4 is 74.1 Å². The van der Waals surface area contributed by atoms with Crippen LogP contribution in [-0.4, -0.2) is 19.5 Å². The van der Waals surface area contributed by atoms with Crippen molar-refractivity contribution in [3.63, 3.8) is 0 Å². The van der Waals surface area contributed by atoms with Gasteiger partial charge in [0.15, 0.2) is 17.5 Å². The molecule has 59 heavy (non-hydrogen) atoms. The van der Waals surface area contributed by atoms with E-state index in [1.165, 1.54) is 57.1 Å². The molecular weight excluding hydrogens is 757 g/mol. The summed E-state index contributed by atoms with van der Waals surface area (Å²) >= 11 is 3.71. The van der Waals surface area contributed by atoms with Crippen molar-refractivity contribution in [1.82, 2.24) is 19.5 Å². The van der Waals surface area contributed by atoms with E-state index in [1.807, 2.05) is 46.9 Å². The molecule has 0 N–H and O–H groups in total. The Morgan fingerprint density at radius 1 is 0.356 bits per heavy atom. The van der Waals surface area contributed by atoms with Gasteiger partial charge in [-0.1, -0.05) is 152 Å². The highest BCUT2D eigenvalue weighted by molar-refractivity contribution is 7.27. The topological polar surface area (TPSA) is 43.6 Å². The van der Waals surface area contributed by atoms with Crippen molar-refractivity contribution in [2.24, 2.45) is 0 Å². The normalized spacial score (nSPS) is 11.7. The van der Waals surface area contributed by atoms with Gasteiger partial charge in [0.25, 0.3) is 0 Å². The largest absolute Gasteiger partial charge is 0.306 e. The zero-order valence-corrected chi connectivity index (χ0v) is 33.2. The summed E-state index contributed by atoms with van der Waals surface area (Å²) in [6, 6.07) is 68.9. The summed E-state index contributed by atoms with van der Waals surface area (Å²) in [5.74, 6) is 1.93. The van der Waals surface area contributed by atoms with E-state index >= 15 is 0 Å². The highest BCUT2D eigenvalue weighted by atomic mass is 32.1. The Hall–Kier alpha value is -7.25. The van der Waals surface area contributed by atoms with Crippen LogP contribution >= 0.6 is 22.7 Å². The molecule has 0 fully saturated rings. The fraction of sp³-hybridized carbons (Fsp3) is 0. The monoisotopic (exact) mass is 788 g/mol. The van der Waals surface area contributed by atoms with Crippen LogP contribution in [0.25, 0.3) is 113 Å². The molecule has 6 heteroatoms. The summed E-state index contributed by atoms with van der Waals surface area (Å²) in [7, 11) is 0. The van der Waals surface area contributed by atoms with Crippen molar-refractivity contribution in [1.29, 1.82) is 0 Å². The lowest BCUT2D eigenvalue weighted by molar-refractivity contribution is 1.08. The van der Waals surface area contributed by atoms with Crippen molar-refractivity contribution in [2.75, 3.05) is 0 Å². The van der Waals surface area contributed by atoms with Gasteiger partial charge in [0.1, 0.15) is 0 Å². The Bertz CT molecular complexity index is 3550. The number of thiophene rings is 2. The van der Waals surface area contributed by atoms with Crippen molar-refractivity contribution in [2.45, 2.75) is 0 Å². The second kappa shape index (κ2) is 13.7. The van der Waals surface area contributed by atoms with E-state index in [0.29, 0.717) is 17.5 Å². The van der Waals surface area contributed by atoms with Gasteiger partial charge < -0.3 is 4.57 Å². The Morgan fingerprint density at radius 3 is 1.63 bits per heavy atom. The third-order valence-electron chi connectivity index (χ3n) is 11.3. The van der Waals surface area contributed by atoms with Crippen LogP contribution in [0, 0.1) is 0 Å². The molecule has 0 atom stereocenters. The Kier molecular flexibility index (Phi) is 7.86. The van der Waals surface area contributed by atoms with Crippen LogP contribution in [0.5, 0.6) is 0 Å². The molecule has 0 saturated carbocycles. The average Bonchev–Trinajstić information content (AvgIpc) is 3.99. The van der Waals surface area contributed by atoms with E-state index in [9.17, 15) is 0 Å². The Morgan fingerprint density at radius 2 is 0.898 bits per heavy atom. The summed E-state index contributed by atoms with van der Waals surface area (Å²) in [6.07, 6.45) is 0. The van der Waals surface area contributed by atoms with Crippen LogP contribution in [0.15, 0.2) is 194 Å². The van der Waals surface area contributed by atoms with Crippen molar-refractivity contribution < 1.29 is 0 Å². The first-order valence-corrected chi connectivity index (χ1v) is 21.3. The Labute approximate surface area is 348 Å². The predicted molar refractivity (Wildman–Crippen MR) is 250 cm³/mol. The minimum atomic E-state index is 0.639. The quantitative estimate of drug-likeness (QED) is 0.169. The second-order valence-corrected chi connectivity index (χ2v) is 16.9. The fourth-order valence-electron chi connectivity index (χ4n) is 8.52. The van der Waals surface area contributed by atoms with Crippen LogP contribution in [0.2, 0.25) is 0 Å². The predicted octanol–water partition coefficient (Wildman–Crippen LogP) is 14.9. The lowest BCUT2D eigenvalue weighted by Gasteiger charge is -2.14. The molecule has 0 unspecified atom stereocenters. The van der Waals surface area contributed by atoms with E-state index in [4.69, 9.17) is 15.0 Å². The first-order chi connectivity index (χ1) is 29.2. The molecule has 4 nitrogen and oxygen atoms in total. The second-order valence-electron chi connectivity index (χ2n) is 14.8. The molecule has 4 aromatic heterocycles. The summed E-state index contributed by atoms with van der Waals surface area (Å²) in [4.78, 5) is 15.7. The van der Waals surface area contributed by atoms with Crippen LogP contribution in [-0.2, 0) is 0 Å². The van der Waals surface area contributed by atoms with Crippen LogP contribution in [0.3, 0.4) is 0 Å². The Balaban J connectivity index is 1.13. The average molecular weight is 789 g/mol. The number of nitrogens with zero attached hydrogens (tertiary/aromatic N) is 4. The molecule has 0 radical (unpaired) electrons. The first-order valence-electron chi connectivity index (χ1n) is 19.7. The van der Waals surface area contributed by atoms with Crippen LogP contribution < -0.4 is 0 Å². The molecule has 276 valence electrons.